The lowest BCUT2D eigenvalue weighted by Gasteiger charge is -2.05. The largest absolute Gasteiger partial charge is 0.461 e. The molecular weight excluding hydrogens is 233 g/mol. The second-order valence-electron chi connectivity index (χ2n) is 3.95. The fraction of sp³-hybridized carbons (Fsp3) is 0.214. The molecule has 0 aliphatic carbocycles. The summed E-state index contributed by atoms with van der Waals surface area (Å²) in [4.78, 5) is 14.5. The molecule has 18 heavy (non-hydrogen) atoms. The fourth-order valence-electron chi connectivity index (χ4n) is 1.74. The van der Waals surface area contributed by atoms with Crippen LogP contribution >= 0.6 is 0 Å². The van der Waals surface area contributed by atoms with Gasteiger partial charge in [-0.1, -0.05) is 12.1 Å². The van der Waals surface area contributed by atoms with Crippen LogP contribution in [0.3, 0.4) is 0 Å². The molecule has 0 radical (unpaired) electrons. The minimum atomic E-state index is -0.432. The number of nitrogens with one attached hydrogen (secondary N) is 1. The molecule has 2 aromatic rings. The van der Waals surface area contributed by atoms with Gasteiger partial charge in [-0.15, -0.1) is 0 Å². The molecule has 0 atom stereocenters. The van der Waals surface area contributed by atoms with Gasteiger partial charge in [-0.05, 0) is 37.1 Å². The van der Waals surface area contributed by atoms with Crippen LogP contribution in [-0.2, 0) is 4.74 Å². The number of hydrogen-bond donors (Lipinski definition) is 1. The molecule has 1 N–H and O–H groups in total. The van der Waals surface area contributed by atoms with Gasteiger partial charge in [0.2, 0.25) is 0 Å². The third-order valence-electron chi connectivity index (χ3n) is 2.71. The Bertz CT molecular complexity index is 575. The third kappa shape index (κ3) is 2.27. The normalized spacial score (nSPS) is 10.4. The van der Waals surface area contributed by atoms with Crippen LogP contribution in [0, 0.1) is 12.7 Å². The summed E-state index contributed by atoms with van der Waals surface area (Å²) in [7, 11) is 0. The van der Waals surface area contributed by atoms with E-state index >= 15 is 0 Å². The summed E-state index contributed by atoms with van der Waals surface area (Å²) in [5.41, 5.74) is 2.22. The van der Waals surface area contributed by atoms with Crippen LogP contribution in [-0.4, -0.2) is 17.6 Å². The smallest absolute Gasteiger partial charge is 0.355 e. The van der Waals surface area contributed by atoms with Crippen molar-refractivity contribution in [1.29, 1.82) is 0 Å². The van der Waals surface area contributed by atoms with Crippen molar-refractivity contribution in [3.8, 4) is 11.1 Å². The molecule has 0 saturated carbocycles. The average Bonchev–Trinajstić information content (AvgIpc) is 2.82. The van der Waals surface area contributed by atoms with E-state index < -0.39 is 5.97 Å². The van der Waals surface area contributed by atoms with Crippen molar-refractivity contribution in [2.45, 2.75) is 13.8 Å². The number of rotatable bonds is 3. The lowest BCUT2D eigenvalue weighted by molar-refractivity contribution is 0.0521. The van der Waals surface area contributed by atoms with Gasteiger partial charge in [0.05, 0.1) is 6.61 Å². The molecule has 0 amide bonds. The number of carbonyl (C=O) groups is 1. The number of H-pyrrole nitrogens is 1. The van der Waals surface area contributed by atoms with Crippen molar-refractivity contribution >= 4 is 5.97 Å². The number of aromatic amines is 1. The molecule has 0 unspecified atom stereocenters. The van der Waals surface area contributed by atoms with Crippen molar-refractivity contribution in [1.82, 2.24) is 4.98 Å². The summed E-state index contributed by atoms with van der Waals surface area (Å²) in [6.45, 7) is 3.74. The summed E-state index contributed by atoms with van der Waals surface area (Å²) in [5, 5.41) is 0. The Morgan fingerprint density at radius 2 is 2.17 bits per heavy atom. The highest BCUT2D eigenvalue weighted by molar-refractivity contribution is 5.95. The number of benzene rings is 1. The molecule has 94 valence electrons. The number of hydrogen-bond acceptors (Lipinski definition) is 2. The van der Waals surface area contributed by atoms with Gasteiger partial charge in [0.15, 0.2) is 0 Å². The first-order chi connectivity index (χ1) is 8.63. The Kier molecular flexibility index (Phi) is 3.46. The van der Waals surface area contributed by atoms with Gasteiger partial charge in [0, 0.05) is 11.8 Å². The molecule has 3 nitrogen and oxygen atoms in total. The van der Waals surface area contributed by atoms with E-state index in [0.29, 0.717) is 29.0 Å². The van der Waals surface area contributed by atoms with E-state index in [4.69, 9.17) is 4.74 Å². The minimum absolute atomic E-state index is 0.288. The first-order valence-corrected chi connectivity index (χ1v) is 5.74. The van der Waals surface area contributed by atoms with Crippen LogP contribution in [0.25, 0.3) is 11.1 Å². The molecule has 0 bridgehead atoms. The van der Waals surface area contributed by atoms with Crippen molar-refractivity contribution < 1.29 is 13.9 Å². The number of halogens is 1. The Labute approximate surface area is 105 Å². The quantitative estimate of drug-likeness (QED) is 0.845. The predicted octanol–water partition coefficient (Wildman–Crippen LogP) is 3.31. The van der Waals surface area contributed by atoms with Crippen LogP contribution in [0.2, 0.25) is 0 Å². The van der Waals surface area contributed by atoms with Crippen LogP contribution in [0.15, 0.2) is 30.5 Å². The maximum Gasteiger partial charge on any atom is 0.355 e. The molecule has 1 aromatic heterocycles. The van der Waals surface area contributed by atoms with Crippen LogP contribution < -0.4 is 0 Å². The summed E-state index contributed by atoms with van der Waals surface area (Å²) in [5.74, 6) is -0.720. The highest BCUT2D eigenvalue weighted by Gasteiger charge is 2.15. The summed E-state index contributed by atoms with van der Waals surface area (Å²) >= 11 is 0. The van der Waals surface area contributed by atoms with Crippen molar-refractivity contribution in [3.63, 3.8) is 0 Å². The third-order valence-corrected chi connectivity index (χ3v) is 2.71. The molecule has 0 spiro atoms. The molecule has 0 fully saturated rings. The molecule has 0 aliphatic rings. The van der Waals surface area contributed by atoms with Gasteiger partial charge in [-0.25, -0.2) is 9.18 Å². The van der Waals surface area contributed by atoms with Crippen molar-refractivity contribution in [3.05, 3.63) is 47.5 Å². The molecule has 2 rings (SSSR count). The Morgan fingerprint density at radius 1 is 1.39 bits per heavy atom. The zero-order valence-corrected chi connectivity index (χ0v) is 10.3. The van der Waals surface area contributed by atoms with E-state index in [0.717, 1.165) is 0 Å². The second kappa shape index (κ2) is 5.04. The average molecular weight is 247 g/mol. The van der Waals surface area contributed by atoms with Gasteiger partial charge in [-0.2, -0.15) is 0 Å². The first kappa shape index (κ1) is 12.4. The lowest BCUT2D eigenvalue weighted by atomic mass is 10.0. The van der Waals surface area contributed by atoms with Gasteiger partial charge < -0.3 is 9.72 Å². The van der Waals surface area contributed by atoms with E-state index in [1.165, 1.54) is 6.07 Å². The SMILES string of the molecule is CCOC(=O)c1[nH]ccc1-c1ccc(C)c(F)c1. The summed E-state index contributed by atoms with van der Waals surface area (Å²) < 4.78 is 18.5. The van der Waals surface area contributed by atoms with Gasteiger partial charge in [0.1, 0.15) is 11.5 Å². The van der Waals surface area contributed by atoms with E-state index in [1.54, 1.807) is 38.2 Å². The van der Waals surface area contributed by atoms with Crippen LogP contribution in [0.5, 0.6) is 0 Å². The van der Waals surface area contributed by atoms with E-state index in [9.17, 15) is 9.18 Å². The lowest BCUT2D eigenvalue weighted by Crippen LogP contribution is -2.06. The predicted molar refractivity (Wildman–Crippen MR) is 66.9 cm³/mol. The fourth-order valence-corrected chi connectivity index (χ4v) is 1.74. The monoisotopic (exact) mass is 247 g/mol. The highest BCUT2D eigenvalue weighted by atomic mass is 19.1. The van der Waals surface area contributed by atoms with Crippen molar-refractivity contribution in [2.24, 2.45) is 0 Å². The Balaban J connectivity index is 2.42. The van der Waals surface area contributed by atoms with Gasteiger partial charge in [0.25, 0.3) is 0 Å². The molecular formula is C14H14FNO2. The maximum absolute atomic E-state index is 13.5. The van der Waals surface area contributed by atoms with E-state index in [2.05, 4.69) is 4.98 Å². The number of carbonyl (C=O) groups excluding carboxylic acids is 1. The van der Waals surface area contributed by atoms with Crippen LogP contribution in [0.1, 0.15) is 23.0 Å². The number of aryl methyl sites for hydroxylation is 1. The topological polar surface area (TPSA) is 42.1 Å². The molecule has 4 heteroatoms. The van der Waals surface area contributed by atoms with Gasteiger partial charge >= 0.3 is 5.97 Å². The summed E-state index contributed by atoms with van der Waals surface area (Å²) in [6, 6.07) is 6.62. The Hall–Kier alpha value is -2.10. The van der Waals surface area contributed by atoms with Crippen LogP contribution in [0.4, 0.5) is 4.39 Å². The van der Waals surface area contributed by atoms with E-state index in [-0.39, 0.29) is 5.82 Å². The van der Waals surface area contributed by atoms with Gasteiger partial charge in [-0.3, -0.25) is 0 Å². The molecule has 0 saturated heterocycles. The standard InChI is InChI=1S/C14H14FNO2/c1-3-18-14(17)13-11(6-7-16-13)10-5-4-9(2)12(15)8-10/h4-8,16H,3H2,1-2H3. The second-order valence-corrected chi connectivity index (χ2v) is 3.95. The Morgan fingerprint density at radius 3 is 2.83 bits per heavy atom. The van der Waals surface area contributed by atoms with Crippen molar-refractivity contribution in [2.75, 3.05) is 6.61 Å². The molecule has 1 heterocycles. The zero-order valence-electron chi connectivity index (χ0n) is 10.3. The summed E-state index contributed by atoms with van der Waals surface area (Å²) in [6.07, 6.45) is 1.64. The minimum Gasteiger partial charge on any atom is -0.461 e. The molecule has 0 aliphatic heterocycles. The van der Waals surface area contributed by atoms with E-state index in [1.807, 2.05) is 0 Å². The zero-order chi connectivity index (χ0) is 13.1. The number of ether oxygens (including phenoxy) is 1. The number of esters is 1. The molecule has 1 aromatic carbocycles. The first-order valence-electron chi connectivity index (χ1n) is 5.74. The number of aromatic nitrogens is 1. The highest BCUT2D eigenvalue weighted by Crippen LogP contribution is 2.25. The maximum atomic E-state index is 13.5.